The zero-order valence-electron chi connectivity index (χ0n) is 13.7. The summed E-state index contributed by atoms with van der Waals surface area (Å²) in [5.41, 5.74) is 0. The molecular weight excluding hydrogens is 218 g/mol. The molecule has 0 atom stereocenters. The molecule has 18 heavy (non-hydrogen) atoms. The highest BCUT2D eigenvalue weighted by molar-refractivity contribution is 4.55. The van der Waals surface area contributed by atoms with E-state index in [4.69, 9.17) is 0 Å². The molecule has 0 fully saturated rings. The molecule has 0 saturated heterocycles. The Kier molecular flexibility index (Phi) is 12.0. The van der Waals surface area contributed by atoms with E-state index in [1.165, 1.54) is 64.5 Å². The normalized spacial score (nSPS) is 12.0. The molecule has 0 unspecified atom stereocenters. The summed E-state index contributed by atoms with van der Waals surface area (Å²) >= 11 is 0. The van der Waals surface area contributed by atoms with Crippen LogP contribution in [-0.4, -0.2) is 25.0 Å². The molecule has 1 heteroatoms. The van der Waals surface area contributed by atoms with Gasteiger partial charge in [0, 0.05) is 0 Å². The molecule has 0 aliphatic rings. The lowest BCUT2D eigenvalue weighted by molar-refractivity contribution is 0.302. The lowest BCUT2D eigenvalue weighted by atomic mass is 10.0. The highest BCUT2D eigenvalue weighted by atomic mass is 15.1. The minimum Gasteiger partial charge on any atom is -0.306 e. The average Bonchev–Trinajstić information content (AvgIpc) is 2.29. The number of rotatable bonds is 12. The third kappa shape index (κ3) is 14.0. The van der Waals surface area contributed by atoms with Crippen molar-refractivity contribution in [2.75, 3.05) is 20.1 Å². The molecule has 0 heterocycles. The van der Waals surface area contributed by atoms with Gasteiger partial charge in [0.15, 0.2) is 0 Å². The number of nitrogens with zero attached hydrogens (tertiary/aromatic N) is 1. The first-order chi connectivity index (χ1) is 8.52. The van der Waals surface area contributed by atoms with Gasteiger partial charge >= 0.3 is 0 Å². The Bertz CT molecular complexity index is 163. The summed E-state index contributed by atoms with van der Waals surface area (Å²) in [7, 11) is 2.27. The minimum absolute atomic E-state index is 0.841. The Balaban J connectivity index is 3.15. The first-order valence-electron chi connectivity index (χ1n) is 8.21. The predicted octanol–water partition coefficient (Wildman–Crippen LogP) is 5.35. The molecule has 0 aromatic carbocycles. The van der Waals surface area contributed by atoms with Crippen molar-refractivity contribution in [3.05, 3.63) is 0 Å². The van der Waals surface area contributed by atoms with Gasteiger partial charge in [0.1, 0.15) is 0 Å². The van der Waals surface area contributed by atoms with Gasteiger partial charge in [-0.3, -0.25) is 0 Å². The van der Waals surface area contributed by atoms with E-state index < -0.39 is 0 Å². The molecule has 0 radical (unpaired) electrons. The molecule has 0 aliphatic carbocycles. The first-order valence-corrected chi connectivity index (χ1v) is 8.21. The first kappa shape index (κ1) is 18.0. The topological polar surface area (TPSA) is 3.24 Å². The number of hydrogen-bond acceptors (Lipinski definition) is 1. The van der Waals surface area contributed by atoms with Gasteiger partial charge in [0.25, 0.3) is 0 Å². The molecule has 0 bridgehead atoms. The second kappa shape index (κ2) is 12.0. The zero-order chi connectivity index (χ0) is 13.8. The summed E-state index contributed by atoms with van der Waals surface area (Å²) in [6, 6.07) is 0. The van der Waals surface area contributed by atoms with Gasteiger partial charge in [-0.1, -0.05) is 66.2 Å². The Morgan fingerprint density at radius 3 is 1.67 bits per heavy atom. The fourth-order valence-electron chi connectivity index (χ4n) is 2.23. The molecular formula is C17H37N. The van der Waals surface area contributed by atoms with Crippen molar-refractivity contribution in [3.63, 3.8) is 0 Å². The maximum atomic E-state index is 2.50. The Morgan fingerprint density at radius 1 is 0.611 bits per heavy atom. The van der Waals surface area contributed by atoms with Gasteiger partial charge in [-0.25, -0.2) is 0 Å². The molecule has 0 rings (SSSR count). The van der Waals surface area contributed by atoms with Gasteiger partial charge in [0.2, 0.25) is 0 Å². The van der Waals surface area contributed by atoms with Crippen LogP contribution in [0.5, 0.6) is 0 Å². The lowest BCUT2D eigenvalue weighted by Gasteiger charge is -2.17. The van der Waals surface area contributed by atoms with Crippen LogP contribution in [0.3, 0.4) is 0 Å². The van der Waals surface area contributed by atoms with Crippen LogP contribution in [0.15, 0.2) is 0 Å². The summed E-state index contributed by atoms with van der Waals surface area (Å²) in [6.07, 6.45) is 11.3. The van der Waals surface area contributed by atoms with Crippen molar-refractivity contribution in [2.24, 2.45) is 11.8 Å². The van der Waals surface area contributed by atoms with E-state index in [0.717, 1.165) is 11.8 Å². The highest BCUT2D eigenvalue weighted by Gasteiger charge is 2.00. The van der Waals surface area contributed by atoms with Gasteiger partial charge in [-0.15, -0.1) is 0 Å². The maximum Gasteiger partial charge on any atom is -0.00194 e. The van der Waals surface area contributed by atoms with Gasteiger partial charge in [-0.05, 0) is 44.8 Å². The summed E-state index contributed by atoms with van der Waals surface area (Å²) in [6.45, 7) is 11.8. The second-order valence-electron chi connectivity index (χ2n) is 6.79. The lowest BCUT2D eigenvalue weighted by Crippen LogP contribution is -2.21. The van der Waals surface area contributed by atoms with Crippen molar-refractivity contribution < 1.29 is 0 Å². The van der Waals surface area contributed by atoms with Crippen LogP contribution in [0.25, 0.3) is 0 Å². The quantitative estimate of drug-likeness (QED) is 0.425. The Labute approximate surface area is 116 Å². The third-order valence-corrected chi connectivity index (χ3v) is 3.66. The zero-order valence-corrected chi connectivity index (χ0v) is 13.7. The van der Waals surface area contributed by atoms with Crippen LogP contribution in [0.2, 0.25) is 0 Å². The van der Waals surface area contributed by atoms with Crippen LogP contribution in [0, 0.1) is 11.8 Å². The molecule has 0 amide bonds. The number of unbranched alkanes of at least 4 members (excludes halogenated alkanes) is 5. The van der Waals surface area contributed by atoms with Crippen LogP contribution in [0.1, 0.15) is 79.1 Å². The van der Waals surface area contributed by atoms with E-state index in [-0.39, 0.29) is 0 Å². The Morgan fingerprint density at radius 2 is 1.11 bits per heavy atom. The van der Waals surface area contributed by atoms with Crippen molar-refractivity contribution in [1.29, 1.82) is 0 Å². The standard InChI is InChI=1S/C17H37N/c1-16(2)12-10-8-6-7-9-11-14-18(5)15-13-17(3)4/h16-17H,6-15H2,1-5H3. The average molecular weight is 255 g/mol. The van der Waals surface area contributed by atoms with E-state index in [1.807, 2.05) is 0 Å². The van der Waals surface area contributed by atoms with E-state index in [9.17, 15) is 0 Å². The number of hydrogen-bond donors (Lipinski definition) is 0. The largest absolute Gasteiger partial charge is 0.306 e. The molecule has 0 aromatic rings. The summed E-state index contributed by atoms with van der Waals surface area (Å²) in [5, 5.41) is 0. The molecule has 0 aliphatic heterocycles. The van der Waals surface area contributed by atoms with Gasteiger partial charge < -0.3 is 4.90 Å². The summed E-state index contributed by atoms with van der Waals surface area (Å²) in [4.78, 5) is 2.50. The molecule has 0 saturated carbocycles. The fourth-order valence-corrected chi connectivity index (χ4v) is 2.23. The second-order valence-corrected chi connectivity index (χ2v) is 6.79. The smallest absolute Gasteiger partial charge is 0.00194 e. The molecule has 0 spiro atoms. The van der Waals surface area contributed by atoms with Crippen molar-refractivity contribution in [1.82, 2.24) is 4.90 Å². The SMILES string of the molecule is CC(C)CCCCCCCCN(C)CCC(C)C. The fraction of sp³-hybridized carbons (Fsp3) is 1.00. The van der Waals surface area contributed by atoms with E-state index in [2.05, 4.69) is 39.6 Å². The monoisotopic (exact) mass is 255 g/mol. The highest BCUT2D eigenvalue weighted by Crippen LogP contribution is 2.11. The summed E-state index contributed by atoms with van der Waals surface area (Å²) in [5.74, 6) is 1.73. The van der Waals surface area contributed by atoms with E-state index >= 15 is 0 Å². The van der Waals surface area contributed by atoms with E-state index in [0.29, 0.717) is 0 Å². The predicted molar refractivity (Wildman–Crippen MR) is 84.1 cm³/mol. The Hall–Kier alpha value is -0.0400. The van der Waals surface area contributed by atoms with Crippen molar-refractivity contribution in [2.45, 2.75) is 79.1 Å². The molecule has 0 aromatic heterocycles. The molecule has 1 nitrogen and oxygen atoms in total. The molecule has 110 valence electrons. The third-order valence-electron chi connectivity index (χ3n) is 3.66. The minimum atomic E-state index is 0.841. The van der Waals surface area contributed by atoms with Crippen molar-refractivity contribution >= 4 is 0 Å². The molecule has 0 N–H and O–H groups in total. The summed E-state index contributed by atoms with van der Waals surface area (Å²) < 4.78 is 0. The maximum absolute atomic E-state index is 2.50. The van der Waals surface area contributed by atoms with Crippen LogP contribution in [0.4, 0.5) is 0 Å². The van der Waals surface area contributed by atoms with Gasteiger partial charge in [0.05, 0.1) is 0 Å². The van der Waals surface area contributed by atoms with Crippen LogP contribution >= 0.6 is 0 Å². The van der Waals surface area contributed by atoms with Crippen molar-refractivity contribution in [3.8, 4) is 0 Å². The van der Waals surface area contributed by atoms with E-state index in [1.54, 1.807) is 0 Å². The van der Waals surface area contributed by atoms with Gasteiger partial charge in [-0.2, -0.15) is 0 Å². The van der Waals surface area contributed by atoms with Crippen LogP contribution < -0.4 is 0 Å². The van der Waals surface area contributed by atoms with Crippen LogP contribution in [-0.2, 0) is 0 Å².